The Balaban J connectivity index is 0.000000161. The van der Waals surface area contributed by atoms with Crippen molar-refractivity contribution in [2.75, 3.05) is 112 Å². The summed E-state index contributed by atoms with van der Waals surface area (Å²) in [6.07, 6.45) is 14.8. The summed E-state index contributed by atoms with van der Waals surface area (Å²) in [7, 11) is 11.5. The third-order valence-corrected chi connectivity index (χ3v) is 16.5. The van der Waals surface area contributed by atoms with E-state index in [-0.39, 0.29) is 11.6 Å². The van der Waals surface area contributed by atoms with Crippen LogP contribution in [0.15, 0.2) is 102 Å². The molecule has 0 radical (unpaired) electrons. The molecule has 0 bridgehead atoms. The standard InChI is InChI=1S/C21H23N7O.C21H30N4O3.C16H22N4O.C5H2BrN3.C4H8O/c1-22-20-12-24-21(13-23-20)25-19-11-17(26-27-19)16-5-4-15(10-18(16)29-3)14-6-8-28(2)9-7-14;1-21(2,3)28-20(26)25-17(13-19(22)23-25)16-7-6-15(12-18(16)27-5)14-8-10-24(4)11-9-14;1-20-7-5-11(6-8-20)12-3-4-13(15(9-12)21-2)14-10-16(17)19-18-14;1-7-5-3-8-4(6)2-9-5;1-2-4-5-3-1/h4-5,10-14H,6-9H2,2-3H3,(H2,24,25,26,27);6-7,12-14H,8-11H2,1-5H3,(H2,22,23);3-4,9-11H,5-8H2,1-2H3,(H3,17,18,19);2-3H;1-4H2. The molecule has 25 heteroatoms. The number of aromatic nitrogens is 10. The number of nitrogen functional groups attached to an aromatic ring is 2. The Kier molecular flexibility index (Phi) is 25.0. The number of methoxy groups -OCH3 is 3. The first-order valence-corrected chi connectivity index (χ1v) is 31.6. The second-order valence-electron chi connectivity index (χ2n) is 24.0. The van der Waals surface area contributed by atoms with Crippen LogP contribution in [0.1, 0.15) is 107 Å². The summed E-state index contributed by atoms with van der Waals surface area (Å²) in [5, 5.41) is 21.5. The highest BCUT2D eigenvalue weighted by molar-refractivity contribution is 9.10. The molecule has 7 N–H and O–H groups in total. The molecular weight excluding hydrogens is 1230 g/mol. The van der Waals surface area contributed by atoms with Crippen molar-refractivity contribution in [2.24, 2.45) is 0 Å². The van der Waals surface area contributed by atoms with Gasteiger partial charge in [0.05, 0.1) is 50.8 Å². The van der Waals surface area contributed by atoms with Gasteiger partial charge in [-0.25, -0.2) is 9.78 Å². The number of benzene rings is 3. The zero-order valence-electron chi connectivity index (χ0n) is 54.1. The van der Waals surface area contributed by atoms with Crippen LogP contribution in [-0.2, 0) is 9.47 Å². The summed E-state index contributed by atoms with van der Waals surface area (Å²) in [4.78, 5) is 41.7. The average Bonchev–Trinajstić information content (AvgIpc) is 1.57. The molecule has 0 spiro atoms. The van der Waals surface area contributed by atoms with Crippen molar-refractivity contribution in [3.8, 4) is 51.0 Å². The maximum Gasteiger partial charge on any atom is 0.435 e. The van der Waals surface area contributed by atoms with Crippen molar-refractivity contribution < 1.29 is 28.5 Å². The van der Waals surface area contributed by atoms with E-state index in [1.807, 2.05) is 39.0 Å². The fourth-order valence-corrected chi connectivity index (χ4v) is 11.3. The lowest BCUT2D eigenvalue weighted by Crippen LogP contribution is -2.29. The smallest absolute Gasteiger partial charge is 0.435 e. The number of likely N-dealkylation sites (tertiary alicyclic amines) is 3. The number of nitrogens with two attached hydrogens (primary N) is 2. The highest BCUT2D eigenvalue weighted by atomic mass is 79.9. The average molecular weight is 1320 g/mol. The molecule has 486 valence electrons. The van der Waals surface area contributed by atoms with E-state index < -0.39 is 11.7 Å². The van der Waals surface area contributed by atoms with Crippen molar-refractivity contribution in [2.45, 2.75) is 95.5 Å². The van der Waals surface area contributed by atoms with E-state index in [1.165, 1.54) is 84.7 Å². The van der Waals surface area contributed by atoms with Gasteiger partial charge in [-0.1, -0.05) is 31.3 Å². The number of aromatic amines is 2. The molecule has 0 amide bonds. The monoisotopic (exact) mass is 1320 g/mol. The Hall–Kier alpha value is -8.98. The van der Waals surface area contributed by atoms with Crippen molar-refractivity contribution in [3.05, 3.63) is 142 Å². The number of carbonyl (C=O) groups is 1. The van der Waals surface area contributed by atoms with Gasteiger partial charge in [0, 0.05) is 48.1 Å². The van der Waals surface area contributed by atoms with E-state index in [9.17, 15) is 4.79 Å². The Morgan fingerprint density at radius 1 is 0.598 bits per heavy atom. The van der Waals surface area contributed by atoms with E-state index in [0.29, 0.717) is 57.1 Å². The molecular formula is C67H85BrN18O6. The lowest BCUT2D eigenvalue weighted by atomic mass is 9.88. The van der Waals surface area contributed by atoms with Gasteiger partial charge in [0.25, 0.3) is 11.6 Å². The van der Waals surface area contributed by atoms with Crippen molar-refractivity contribution in [1.82, 2.24) is 64.8 Å². The number of carbonyl (C=O) groups excluding carboxylic acids is 1. The number of anilines is 4. The maximum atomic E-state index is 12.6. The molecule has 0 unspecified atom stereocenters. The van der Waals surface area contributed by atoms with Gasteiger partial charge >= 0.3 is 6.09 Å². The second-order valence-corrected chi connectivity index (χ2v) is 24.8. The van der Waals surface area contributed by atoms with Crippen LogP contribution < -0.4 is 31.0 Å². The molecule has 5 aromatic heterocycles. The summed E-state index contributed by atoms with van der Waals surface area (Å²) in [5.41, 5.74) is 19.9. The first-order chi connectivity index (χ1) is 44.3. The normalized spacial score (nSPS) is 15.7. The Bertz CT molecular complexity index is 3710. The van der Waals surface area contributed by atoms with Gasteiger partial charge in [-0.15, -0.1) is 15.1 Å². The van der Waals surface area contributed by atoms with Crippen LogP contribution in [0.25, 0.3) is 43.5 Å². The summed E-state index contributed by atoms with van der Waals surface area (Å²) in [6.45, 7) is 27.7. The highest BCUT2D eigenvalue weighted by Gasteiger charge is 2.27. The number of piperidine rings is 3. The minimum absolute atomic E-state index is 0.252. The maximum absolute atomic E-state index is 12.6. The fraction of sp³-hybridized carbons (Fsp3) is 0.433. The molecule has 92 heavy (non-hydrogen) atoms. The first-order valence-electron chi connectivity index (χ1n) is 30.8. The molecule has 3 aromatic carbocycles. The van der Waals surface area contributed by atoms with Crippen LogP contribution >= 0.6 is 15.9 Å². The Morgan fingerprint density at radius 3 is 1.46 bits per heavy atom. The van der Waals surface area contributed by atoms with E-state index in [2.05, 4.69) is 161 Å². The third kappa shape index (κ3) is 19.8. The van der Waals surface area contributed by atoms with Gasteiger partial charge in [-0.3, -0.25) is 15.2 Å². The molecule has 4 fully saturated rings. The van der Waals surface area contributed by atoms with E-state index in [4.69, 9.17) is 48.3 Å². The van der Waals surface area contributed by atoms with Crippen molar-refractivity contribution >= 4 is 56.9 Å². The van der Waals surface area contributed by atoms with E-state index >= 15 is 0 Å². The van der Waals surface area contributed by atoms with Crippen LogP contribution in [0.4, 0.5) is 39.7 Å². The molecule has 9 heterocycles. The van der Waals surface area contributed by atoms with Crippen molar-refractivity contribution in [1.29, 1.82) is 0 Å². The van der Waals surface area contributed by atoms with Gasteiger partial charge in [-0.05, 0) is 219 Å². The molecule has 0 saturated carbocycles. The Morgan fingerprint density at radius 2 is 1.05 bits per heavy atom. The number of hydrogen-bond donors (Lipinski definition) is 5. The zero-order valence-corrected chi connectivity index (χ0v) is 55.7. The molecule has 4 aliphatic rings. The predicted molar refractivity (Wildman–Crippen MR) is 362 cm³/mol. The van der Waals surface area contributed by atoms with Crippen LogP contribution in [0.5, 0.6) is 17.2 Å². The number of rotatable bonds is 11. The zero-order chi connectivity index (χ0) is 65.7. The molecule has 12 rings (SSSR count). The number of nitrogens with one attached hydrogen (secondary N) is 3. The summed E-state index contributed by atoms with van der Waals surface area (Å²) in [6, 6.07) is 24.4. The second kappa shape index (κ2) is 33.4. The minimum atomic E-state index is -0.628. The van der Waals surface area contributed by atoms with Gasteiger partial charge in [-0.2, -0.15) is 14.9 Å². The largest absolute Gasteiger partial charge is 0.496 e. The summed E-state index contributed by atoms with van der Waals surface area (Å²) in [5.74, 6) is 6.57. The lowest BCUT2D eigenvalue weighted by molar-refractivity contribution is 0.0518. The van der Waals surface area contributed by atoms with E-state index in [1.54, 1.807) is 27.4 Å². The van der Waals surface area contributed by atoms with Gasteiger partial charge < -0.3 is 64.9 Å². The van der Waals surface area contributed by atoms with Crippen LogP contribution in [0.3, 0.4) is 0 Å². The quantitative estimate of drug-likeness (QED) is 0.0753. The topological polar surface area (TPSA) is 272 Å². The summed E-state index contributed by atoms with van der Waals surface area (Å²) >= 11 is 3.10. The molecule has 0 atom stereocenters. The van der Waals surface area contributed by atoms with Crippen molar-refractivity contribution in [3.63, 3.8) is 0 Å². The number of H-pyrrole nitrogens is 2. The predicted octanol–water partition coefficient (Wildman–Crippen LogP) is 12.8. The summed E-state index contributed by atoms with van der Waals surface area (Å²) < 4.78 is 29.1. The lowest BCUT2D eigenvalue weighted by Gasteiger charge is -2.29. The molecule has 24 nitrogen and oxygen atoms in total. The van der Waals surface area contributed by atoms with Crippen LogP contribution in [-0.4, -0.2) is 171 Å². The highest BCUT2D eigenvalue weighted by Crippen LogP contribution is 2.40. The molecule has 4 aliphatic heterocycles. The molecule has 8 aromatic rings. The minimum Gasteiger partial charge on any atom is -0.496 e. The van der Waals surface area contributed by atoms with Crippen LogP contribution in [0, 0.1) is 13.1 Å². The number of halogens is 1. The molecule has 0 aliphatic carbocycles. The Labute approximate surface area is 547 Å². The van der Waals surface area contributed by atoms with Gasteiger partial charge in [0.2, 0.25) is 0 Å². The third-order valence-electron chi connectivity index (χ3n) is 16.1. The van der Waals surface area contributed by atoms with Crippen LogP contribution in [0.2, 0.25) is 0 Å². The number of hydrogen-bond acceptors (Lipinski definition) is 19. The first kappa shape index (κ1) is 68.9. The van der Waals surface area contributed by atoms with Gasteiger partial charge in [0.15, 0.2) is 24.0 Å². The number of ether oxygens (including phenoxy) is 5. The van der Waals surface area contributed by atoms with Gasteiger partial charge in [0.1, 0.15) is 39.1 Å². The van der Waals surface area contributed by atoms with E-state index in [0.717, 1.165) is 105 Å². The SMILES string of the molecule is C1CCOC1.COc1cc(C2CCN(C)CC2)ccc1-c1cc(N)n[nH]1.COc1cc(C2CCN(C)CC2)ccc1-c1cc(N)nn1C(=O)OC(C)(C)C.[C-]#[N+]c1cnc(Br)cn1.[C-]#[N+]c1cnc(Nc2cc(-c3ccc(C4CCN(C)CC4)cc3OC)[nH]n2)cn1. The number of nitrogens with zero attached hydrogens (tertiary/aromatic N) is 13. The molecule has 4 saturated heterocycles. The fourth-order valence-electron chi connectivity index (χ4n) is 11.1.